The second kappa shape index (κ2) is 6.40. The Morgan fingerprint density at radius 3 is 2.22 bits per heavy atom. The van der Waals surface area contributed by atoms with Crippen LogP contribution in [0.25, 0.3) is 0 Å². The molecule has 1 aromatic carbocycles. The predicted molar refractivity (Wildman–Crippen MR) is 73.9 cm³/mol. The van der Waals surface area contributed by atoms with Crippen LogP contribution in [0, 0.1) is 5.92 Å². The lowest BCUT2D eigenvalue weighted by molar-refractivity contribution is 0.0897. The van der Waals surface area contributed by atoms with Crippen LogP contribution < -0.4 is 10.2 Å². The molecule has 1 amide bonds. The third-order valence-corrected chi connectivity index (χ3v) is 2.96. The molecule has 0 aromatic heterocycles. The van der Waals surface area contributed by atoms with Gasteiger partial charge in [-0.25, -0.2) is 0 Å². The second-order valence-electron chi connectivity index (χ2n) is 4.95. The van der Waals surface area contributed by atoms with E-state index in [4.69, 9.17) is 0 Å². The number of aliphatic hydroxyl groups excluding tert-OH is 1. The Bertz CT molecular complexity index is 385. The molecule has 0 radical (unpaired) electrons. The molecule has 0 aliphatic carbocycles. The van der Waals surface area contributed by atoms with Crippen LogP contribution in [0.1, 0.15) is 24.2 Å². The van der Waals surface area contributed by atoms with Crippen molar-refractivity contribution in [3.05, 3.63) is 29.8 Å². The zero-order valence-corrected chi connectivity index (χ0v) is 11.5. The van der Waals surface area contributed by atoms with Crippen LogP contribution in [0.3, 0.4) is 0 Å². The number of nitrogens with one attached hydrogen (secondary N) is 1. The average Bonchev–Trinajstić information content (AvgIpc) is 2.35. The standard InChI is InChI=1S/C14H22N2O2/c1-10(2)13(9-17)15-14(18)11-5-7-12(8-6-11)16(3)4/h5-8,10,13,17H,9H2,1-4H3,(H,15,18)/t13-/m1/s1. The molecule has 1 aromatic rings. The topological polar surface area (TPSA) is 52.6 Å². The van der Waals surface area contributed by atoms with Gasteiger partial charge in [0.1, 0.15) is 0 Å². The third kappa shape index (κ3) is 3.74. The first kappa shape index (κ1) is 14.5. The minimum atomic E-state index is -0.203. The lowest BCUT2D eigenvalue weighted by atomic mass is 10.0. The van der Waals surface area contributed by atoms with E-state index in [2.05, 4.69) is 5.32 Å². The van der Waals surface area contributed by atoms with E-state index in [-0.39, 0.29) is 24.5 Å². The maximum absolute atomic E-state index is 12.0. The highest BCUT2D eigenvalue weighted by atomic mass is 16.3. The molecule has 0 fully saturated rings. The molecule has 18 heavy (non-hydrogen) atoms. The maximum Gasteiger partial charge on any atom is 0.251 e. The molecule has 2 N–H and O–H groups in total. The Labute approximate surface area is 109 Å². The van der Waals surface area contributed by atoms with Gasteiger partial charge in [-0.15, -0.1) is 0 Å². The number of hydrogen-bond donors (Lipinski definition) is 2. The van der Waals surface area contributed by atoms with Gasteiger partial charge in [-0.3, -0.25) is 4.79 Å². The number of hydrogen-bond acceptors (Lipinski definition) is 3. The molecule has 100 valence electrons. The number of nitrogens with zero attached hydrogens (tertiary/aromatic N) is 1. The summed E-state index contributed by atoms with van der Waals surface area (Å²) in [6.07, 6.45) is 0. The molecule has 0 heterocycles. The van der Waals surface area contributed by atoms with Crippen LogP contribution in [-0.4, -0.2) is 37.8 Å². The number of anilines is 1. The van der Waals surface area contributed by atoms with E-state index < -0.39 is 0 Å². The van der Waals surface area contributed by atoms with Crippen LogP contribution in [0.2, 0.25) is 0 Å². The van der Waals surface area contributed by atoms with Gasteiger partial charge in [0.2, 0.25) is 0 Å². The second-order valence-corrected chi connectivity index (χ2v) is 4.95. The fourth-order valence-corrected chi connectivity index (χ4v) is 1.59. The fourth-order valence-electron chi connectivity index (χ4n) is 1.59. The highest BCUT2D eigenvalue weighted by molar-refractivity contribution is 5.94. The van der Waals surface area contributed by atoms with Crippen molar-refractivity contribution in [3.8, 4) is 0 Å². The van der Waals surface area contributed by atoms with Crippen molar-refractivity contribution in [2.45, 2.75) is 19.9 Å². The lowest BCUT2D eigenvalue weighted by Gasteiger charge is -2.20. The zero-order valence-electron chi connectivity index (χ0n) is 11.5. The van der Waals surface area contributed by atoms with E-state index >= 15 is 0 Å². The average molecular weight is 250 g/mol. The number of aliphatic hydroxyl groups is 1. The van der Waals surface area contributed by atoms with Crippen LogP contribution >= 0.6 is 0 Å². The van der Waals surface area contributed by atoms with E-state index in [0.29, 0.717) is 5.56 Å². The summed E-state index contributed by atoms with van der Waals surface area (Å²) in [6, 6.07) is 7.18. The molecule has 4 heteroatoms. The summed E-state index contributed by atoms with van der Waals surface area (Å²) in [7, 11) is 3.91. The largest absolute Gasteiger partial charge is 0.394 e. The Morgan fingerprint density at radius 1 is 1.28 bits per heavy atom. The van der Waals surface area contributed by atoms with E-state index in [0.717, 1.165) is 5.69 Å². The smallest absolute Gasteiger partial charge is 0.251 e. The summed E-state index contributed by atoms with van der Waals surface area (Å²) in [4.78, 5) is 13.9. The van der Waals surface area contributed by atoms with Crippen molar-refractivity contribution in [3.63, 3.8) is 0 Å². The first-order valence-corrected chi connectivity index (χ1v) is 6.14. The summed E-state index contributed by atoms with van der Waals surface area (Å²) in [6.45, 7) is 3.89. The predicted octanol–water partition coefficient (Wildman–Crippen LogP) is 1.50. The van der Waals surface area contributed by atoms with Crippen molar-refractivity contribution in [2.24, 2.45) is 5.92 Å². The van der Waals surface area contributed by atoms with Crippen molar-refractivity contribution in [1.29, 1.82) is 0 Å². The van der Waals surface area contributed by atoms with Gasteiger partial charge in [0.15, 0.2) is 0 Å². The number of rotatable bonds is 5. The van der Waals surface area contributed by atoms with Gasteiger partial charge < -0.3 is 15.3 Å². The van der Waals surface area contributed by atoms with Gasteiger partial charge in [-0.2, -0.15) is 0 Å². The van der Waals surface area contributed by atoms with Crippen LogP contribution in [0.15, 0.2) is 24.3 Å². The van der Waals surface area contributed by atoms with Gasteiger partial charge in [0.25, 0.3) is 5.91 Å². The summed E-state index contributed by atoms with van der Waals surface area (Å²) in [5.41, 5.74) is 1.66. The zero-order chi connectivity index (χ0) is 13.7. The van der Waals surface area contributed by atoms with E-state index in [1.807, 2.05) is 45.0 Å². The van der Waals surface area contributed by atoms with E-state index in [1.54, 1.807) is 12.1 Å². The van der Waals surface area contributed by atoms with Crippen LogP contribution in [0.5, 0.6) is 0 Å². The van der Waals surface area contributed by atoms with Crippen molar-refractivity contribution >= 4 is 11.6 Å². The Kier molecular flexibility index (Phi) is 5.16. The molecule has 0 aliphatic rings. The summed E-state index contributed by atoms with van der Waals surface area (Å²) in [5, 5.41) is 12.0. The number of benzene rings is 1. The summed E-state index contributed by atoms with van der Waals surface area (Å²) < 4.78 is 0. The monoisotopic (exact) mass is 250 g/mol. The molecule has 0 unspecified atom stereocenters. The molecule has 1 rings (SSSR count). The van der Waals surface area contributed by atoms with E-state index in [9.17, 15) is 9.90 Å². The quantitative estimate of drug-likeness (QED) is 0.832. The van der Waals surface area contributed by atoms with Gasteiger partial charge in [-0.05, 0) is 30.2 Å². The van der Waals surface area contributed by atoms with Crippen molar-refractivity contribution < 1.29 is 9.90 Å². The molecule has 0 saturated carbocycles. The molecule has 4 nitrogen and oxygen atoms in total. The summed E-state index contributed by atoms with van der Waals surface area (Å²) in [5.74, 6) is 0.0630. The van der Waals surface area contributed by atoms with Crippen molar-refractivity contribution in [1.82, 2.24) is 5.32 Å². The fraction of sp³-hybridized carbons (Fsp3) is 0.500. The Morgan fingerprint density at radius 2 is 1.83 bits per heavy atom. The molecule has 0 aliphatic heterocycles. The number of amides is 1. The highest BCUT2D eigenvalue weighted by Crippen LogP contribution is 2.12. The molecule has 0 spiro atoms. The Hall–Kier alpha value is -1.55. The third-order valence-electron chi connectivity index (χ3n) is 2.96. The highest BCUT2D eigenvalue weighted by Gasteiger charge is 2.16. The van der Waals surface area contributed by atoms with Gasteiger partial charge >= 0.3 is 0 Å². The van der Waals surface area contributed by atoms with Crippen LogP contribution in [0.4, 0.5) is 5.69 Å². The number of carbonyl (C=O) groups excluding carboxylic acids is 1. The number of carbonyl (C=O) groups is 1. The lowest BCUT2D eigenvalue weighted by Crippen LogP contribution is -2.41. The Balaban J connectivity index is 2.72. The normalized spacial score (nSPS) is 12.3. The molecule has 0 saturated heterocycles. The summed E-state index contributed by atoms with van der Waals surface area (Å²) >= 11 is 0. The van der Waals surface area contributed by atoms with Gasteiger partial charge in [0.05, 0.1) is 12.6 Å². The first-order chi connectivity index (χ1) is 8.45. The molecule has 0 bridgehead atoms. The molecular formula is C14H22N2O2. The van der Waals surface area contributed by atoms with Crippen LogP contribution in [-0.2, 0) is 0 Å². The minimum absolute atomic E-state index is 0.0425. The molecule has 1 atom stereocenters. The van der Waals surface area contributed by atoms with E-state index in [1.165, 1.54) is 0 Å². The SMILES string of the molecule is CC(C)[C@@H](CO)NC(=O)c1ccc(N(C)C)cc1. The maximum atomic E-state index is 12.0. The van der Waals surface area contributed by atoms with Gasteiger partial charge in [0, 0.05) is 25.3 Å². The van der Waals surface area contributed by atoms with Gasteiger partial charge in [-0.1, -0.05) is 13.8 Å². The molecular weight excluding hydrogens is 228 g/mol. The van der Waals surface area contributed by atoms with Crippen molar-refractivity contribution in [2.75, 3.05) is 25.6 Å². The minimum Gasteiger partial charge on any atom is -0.394 e. The first-order valence-electron chi connectivity index (χ1n) is 6.14.